The van der Waals surface area contributed by atoms with E-state index in [1.807, 2.05) is 19.1 Å². The van der Waals surface area contributed by atoms with E-state index in [1.165, 1.54) is 14.0 Å². The number of alkyl halides is 3. The molecule has 112 valence electrons. The molecule has 1 saturated heterocycles. The Morgan fingerprint density at radius 2 is 1.95 bits per heavy atom. The zero-order valence-corrected chi connectivity index (χ0v) is 13.5. The van der Waals surface area contributed by atoms with Gasteiger partial charge in [0.15, 0.2) is 0 Å². The Morgan fingerprint density at radius 3 is 2.50 bits per heavy atom. The minimum Gasteiger partial charge on any atom is -0.382 e. The van der Waals surface area contributed by atoms with Gasteiger partial charge in [-0.2, -0.15) is 13.2 Å². The molecule has 0 aliphatic carbocycles. The standard InChI is InChI=1S/C14H18F3IN2/c1-10-8-11(18)2-3-13(10)19-12-4-6-20(7-5-12)9-14(15,16)17/h2-3,8,12,19H,4-7,9H2,1H3. The van der Waals surface area contributed by atoms with Crippen molar-refractivity contribution in [3.8, 4) is 0 Å². The summed E-state index contributed by atoms with van der Waals surface area (Å²) in [5.41, 5.74) is 2.26. The number of nitrogens with zero attached hydrogens (tertiary/aromatic N) is 1. The van der Waals surface area contributed by atoms with Crippen molar-refractivity contribution in [3.05, 3.63) is 27.3 Å². The highest BCUT2D eigenvalue weighted by Crippen LogP contribution is 2.23. The molecule has 0 bridgehead atoms. The van der Waals surface area contributed by atoms with E-state index in [0.717, 1.165) is 18.5 Å². The van der Waals surface area contributed by atoms with Gasteiger partial charge in [-0.15, -0.1) is 0 Å². The number of halogens is 4. The topological polar surface area (TPSA) is 15.3 Å². The lowest BCUT2D eigenvalue weighted by Gasteiger charge is -2.33. The summed E-state index contributed by atoms with van der Waals surface area (Å²) < 4.78 is 38.1. The molecular formula is C14H18F3IN2. The molecule has 1 aliphatic rings. The van der Waals surface area contributed by atoms with Crippen LogP contribution < -0.4 is 5.32 Å². The van der Waals surface area contributed by atoms with Crippen molar-refractivity contribution in [3.63, 3.8) is 0 Å². The van der Waals surface area contributed by atoms with E-state index in [1.54, 1.807) is 0 Å². The molecule has 6 heteroatoms. The summed E-state index contributed by atoms with van der Waals surface area (Å²) >= 11 is 2.27. The normalized spacial score (nSPS) is 18.2. The van der Waals surface area contributed by atoms with Crippen LogP contribution >= 0.6 is 22.6 Å². The maximum Gasteiger partial charge on any atom is 0.401 e. The summed E-state index contributed by atoms with van der Waals surface area (Å²) in [6.45, 7) is 2.26. The first-order chi connectivity index (χ1) is 9.33. The van der Waals surface area contributed by atoms with Crippen molar-refractivity contribution in [2.24, 2.45) is 0 Å². The Labute approximate surface area is 130 Å². The predicted octanol–water partition coefficient (Wildman–Crippen LogP) is 4.04. The highest BCUT2D eigenvalue weighted by molar-refractivity contribution is 14.1. The summed E-state index contributed by atoms with van der Waals surface area (Å²) in [5, 5.41) is 3.45. The van der Waals surface area contributed by atoms with Crippen molar-refractivity contribution in [2.75, 3.05) is 25.0 Å². The zero-order chi connectivity index (χ0) is 14.8. The number of hydrogen-bond donors (Lipinski definition) is 1. The molecule has 0 saturated carbocycles. The number of benzene rings is 1. The van der Waals surface area contributed by atoms with E-state index in [9.17, 15) is 13.2 Å². The van der Waals surface area contributed by atoms with Gasteiger partial charge in [-0.1, -0.05) is 0 Å². The molecule has 1 aromatic rings. The second-order valence-corrected chi connectivity index (χ2v) is 6.51. The van der Waals surface area contributed by atoms with Crippen molar-refractivity contribution in [1.82, 2.24) is 4.90 Å². The average molecular weight is 398 g/mol. The van der Waals surface area contributed by atoms with E-state index >= 15 is 0 Å². The maximum atomic E-state index is 12.3. The molecule has 1 fully saturated rings. The number of anilines is 1. The monoisotopic (exact) mass is 398 g/mol. The molecule has 20 heavy (non-hydrogen) atoms. The third-order valence-corrected chi connectivity index (χ3v) is 4.21. The number of rotatable bonds is 3. The lowest BCUT2D eigenvalue weighted by Crippen LogP contribution is -2.43. The average Bonchev–Trinajstić information content (AvgIpc) is 2.33. The SMILES string of the molecule is Cc1cc(I)ccc1NC1CCN(CC(F)(F)F)CC1. The number of piperidine rings is 1. The fraction of sp³-hybridized carbons (Fsp3) is 0.571. The summed E-state index contributed by atoms with van der Waals surface area (Å²) in [4.78, 5) is 1.49. The van der Waals surface area contributed by atoms with Gasteiger partial charge in [-0.25, -0.2) is 0 Å². The van der Waals surface area contributed by atoms with Crippen molar-refractivity contribution < 1.29 is 13.2 Å². The second-order valence-electron chi connectivity index (χ2n) is 5.27. The number of nitrogens with one attached hydrogen (secondary N) is 1. The van der Waals surface area contributed by atoms with Gasteiger partial charge in [0.2, 0.25) is 0 Å². The maximum absolute atomic E-state index is 12.3. The highest BCUT2D eigenvalue weighted by Gasteiger charge is 2.32. The van der Waals surface area contributed by atoms with Gasteiger partial charge in [0, 0.05) is 28.4 Å². The van der Waals surface area contributed by atoms with Crippen LogP contribution in [0.1, 0.15) is 18.4 Å². The van der Waals surface area contributed by atoms with Gasteiger partial charge in [0.1, 0.15) is 0 Å². The fourth-order valence-corrected chi connectivity index (χ4v) is 3.14. The van der Waals surface area contributed by atoms with Crippen molar-refractivity contribution >= 4 is 28.3 Å². The van der Waals surface area contributed by atoms with E-state index in [0.29, 0.717) is 13.1 Å². The number of hydrogen-bond acceptors (Lipinski definition) is 2. The van der Waals surface area contributed by atoms with Crippen molar-refractivity contribution in [2.45, 2.75) is 32.0 Å². The Kier molecular flexibility index (Phi) is 5.17. The van der Waals surface area contributed by atoms with Crippen LogP contribution in [0.2, 0.25) is 0 Å². The minimum atomic E-state index is -4.09. The van der Waals surface area contributed by atoms with Crippen LogP contribution in [-0.2, 0) is 0 Å². The molecule has 0 aromatic heterocycles. The minimum absolute atomic E-state index is 0.262. The quantitative estimate of drug-likeness (QED) is 0.774. The van der Waals surface area contributed by atoms with Gasteiger partial charge in [-0.3, -0.25) is 4.90 Å². The van der Waals surface area contributed by atoms with Crippen LogP contribution in [0.5, 0.6) is 0 Å². The van der Waals surface area contributed by atoms with Gasteiger partial charge < -0.3 is 5.32 Å². The van der Waals surface area contributed by atoms with E-state index < -0.39 is 12.7 Å². The molecule has 0 spiro atoms. The fourth-order valence-electron chi connectivity index (χ4n) is 2.50. The molecule has 1 aliphatic heterocycles. The molecule has 0 amide bonds. The van der Waals surface area contributed by atoms with Gasteiger partial charge in [-0.05, 0) is 66.1 Å². The lowest BCUT2D eigenvalue weighted by molar-refractivity contribution is -0.147. The summed E-state index contributed by atoms with van der Waals surface area (Å²) in [6, 6.07) is 6.44. The van der Waals surface area contributed by atoms with Gasteiger partial charge >= 0.3 is 6.18 Å². The smallest absolute Gasteiger partial charge is 0.382 e. The zero-order valence-electron chi connectivity index (χ0n) is 11.3. The Balaban J connectivity index is 1.85. The summed E-state index contributed by atoms with van der Waals surface area (Å²) in [5.74, 6) is 0. The summed E-state index contributed by atoms with van der Waals surface area (Å²) in [6.07, 6.45) is -2.59. The van der Waals surface area contributed by atoms with Crippen LogP contribution in [0.3, 0.4) is 0 Å². The molecule has 0 radical (unpaired) electrons. The molecule has 0 atom stereocenters. The molecule has 0 unspecified atom stereocenters. The predicted molar refractivity (Wildman–Crippen MR) is 83.0 cm³/mol. The Morgan fingerprint density at radius 1 is 1.30 bits per heavy atom. The largest absolute Gasteiger partial charge is 0.401 e. The molecule has 2 nitrogen and oxygen atoms in total. The number of likely N-dealkylation sites (tertiary alicyclic amines) is 1. The molecular weight excluding hydrogens is 380 g/mol. The Hall–Kier alpha value is -0.500. The molecule has 1 N–H and O–H groups in total. The first-order valence-corrected chi connectivity index (χ1v) is 7.73. The van der Waals surface area contributed by atoms with Gasteiger partial charge in [0.05, 0.1) is 6.54 Å². The van der Waals surface area contributed by atoms with Crippen LogP contribution in [0.15, 0.2) is 18.2 Å². The first kappa shape index (κ1) is 15.9. The summed E-state index contributed by atoms with van der Waals surface area (Å²) in [7, 11) is 0. The highest BCUT2D eigenvalue weighted by atomic mass is 127. The number of aryl methyl sites for hydroxylation is 1. The first-order valence-electron chi connectivity index (χ1n) is 6.65. The molecule has 2 rings (SSSR count). The lowest BCUT2D eigenvalue weighted by atomic mass is 10.0. The van der Waals surface area contributed by atoms with E-state index in [2.05, 4.69) is 34.0 Å². The third-order valence-electron chi connectivity index (χ3n) is 3.54. The second kappa shape index (κ2) is 6.51. The molecule has 1 heterocycles. The van der Waals surface area contributed by atoms with E-state index in [4.69, 9.17) is 0 Å². The van der Waals surface area contributed by atoms with Crippen LogP contribution in [0.25, 0.3) is 0 Å². The molecule has 1 aromatic carbocycles. The van der Waals surface area contributed by atoms with Crippen LogP contribution in [0, 0.1) is 10.5 Å². The van der Waals surface area contributed by atoms with Crippen LogP contribution in [-0.4, -0.2) is 36.8 Å². The van der Waals surface area contributed by atoms with Crippen LogP contribution in [0.4, 0.5) is 18.9 Å². The third kappa shape index (κ3) is 4.80. The van der Waals surface area contributed by atoms with E-state index in [-0.39, 0.29) is 6.04 Å². The van der Waals surface area contributed by atoms with Gasteiger partial charge in [0.25, 0.3) is 0 Å². The Bertz CT molecular complexity index is 454. The van der Waals surface area contributed by atoms with Crippen molar-refractivity contribution in [1.29, 1.82) is 0 Å².